The number of anilines is 1. The number of carboxylic acids is 1. The summed E-state index contributed by atoms with van der Waals surface area (Å²) < 4.78 is 0. The Morgan fingerprint density at radius 2 is 2.16 bits per heavy atom. The van der Waals surface area contributed by atoms with E-state index in [-0.39, 0.29) is 0 Å². The van der Waals surface area contributed by atoms with E-state index in [2.05, 4.69) is 0 Å². The van der Waals surface area contributed by atoms with Gasteiger partial charge in [0.25, 0.3) is 5.91 Å². The van der Waals surface area contributed by atoms with Gasteiger partial charge in [-0.05, 0) is 31.0 Å². The van der Waals surface area contributed by atoms with E-state index in [9.17, 15) is 9.59 Å². The number of nitrogens with zero attached hydrogens (tertiary/aromatic N) is 1. The van der Waals surface area contributed by atoms with Crippen LogP contribution in [0.1, 0.15) is 23.2 Å². The summed E-state index contributed by atoms with van der Waals surface area (Å²) >= 11 is 5.94. The van der Waals surface area contributed by atoms with Crippen LogP contribution >= 0.6 is 11.6 Å². The quantitative estimate of drug-likeness (QED) is 0.884. The molecule has 1 heterocycles. The Kier molecular flexibility index (Phi) is 3.95. The van der Waals surface area contributed by atoms with Gasteiger partial charge in [-0.15, -0.1) is 0 Å². The molecule has 1 saturated heterocycles. The number of carbonyl (C=O) groups excluding carboxylic acids is 1. The number of benzene rings is 1. The van der Waals surface area contributed by atoms with Gasteiger partial charge < -0.3 is 15.7 Å². The minimum absolute atomic E-state index is 0.371. The highest BCUT2D eigenvalue weighted by Crippen LogP contribution is 2.29. The fraction of sp³-hybridized carbons (Fsp3) is 0.385. The van der Waals surface area contributed by atoms with Crippen LogP contribution in [0.25, 0.3) is 0 Å². The number of nitrogens with two attached hydrogens (primary N) is 1. The van der Waals surface area contributed by atoms with E-state index in [1.54, 1.807) is 18.2 Å². The van der Waals surface area contributed by atoms with Crippen molar-refractivity contribution < 1.29 is 14.7 Å². The summed E-state index contributed by atoms with van der Waals surface area (Å²) in [5, 5.41) is 9.59. The predicted octanol–water partition coefficient (Wildman–Crippen LogP) is 1.74. The van der Waals surface area contributed by atoms with Gasteiger partial charge in [0, 0.05) is 18.1 Å². The highest BCUT2D eigenvalue weighted by Gasteiger charge is 2.27. The molecule has 1 aliphatic heterocycles. The monoisotopic (exact) mass is 282 g/mol. The fourth-order valence-corrected chi connectivity index (χ4v) is 2.54. The SMILES string of the molecule is NC(=O)c1ccc(Cl)cc1N1CCCC(C(=O)O)C1. The van der Waals surface area contributed by atoms with Crippen LogP contribution in [0.15, 0.2) is 18.2 Å². The normalized spacial score (nSPS) is 19.2. The molecule has 1 aromatic rings. The minimum Gasteiger partial charge on any atom is -0.481 e. The van der Waals surface area contributed by atoms with E-state index in [0.29, 0.717) is 35.8 Å². The zero-order chi connectivity index (χ0) is 14.0. The summed E-state index contributed by atoms with van der Waals surface area (Å²) in [5.41, 5.74) is 6.33. The van der Waals surface area contributed by atoms with Gasteiger partial charge in [-0.2, -0.15) is 0 Å². The van der Waals surface area contributed by atoms with Crippen LogP contribution in [0.3, 0.4) is 0 Å². The maximum atomic E-state index is 11.4. The number of halogens is 1. The molecule has 0 bridgehead atoms. The fourth-order valence-electron chi connectivity index (χ4n) is 2.37. The molecule has 1 amide bonds. The molecule has 0 radical (unpaired) electrons. The van der Waals surface area contributed by atoms with Crippen LogP contribution in [0, 0.1) is 5.92 Å². The summed E-state index contributed by atoms with van der Waals surface area (Å²) in [4.78, 5) is 24.4. The Labute approximate surface area is 116 Å². The molecule has 102 valence electrons. The zero-order valence-electron chi connectivity index (χ0n) is 10.3. The highest BCUT2D eigenvalue weighted by molar-refractivity contribution is 6.31. The molecule has 1 atom stereocenters. The highest BCUT2D eigenvalue weighted by atomic mass is 35.5. The molecule has 6 heteroatoms. The second kappa shape index (κ2) is 5.48. The number of primary amides is 1. The number of carbonyl (C=O) groups is 2. The average Bonchev–Trinajstić information content (AvgIpc) is 2.38. The Morgan fingerprint density at radius 1 is 1.42 bits per heavy atom. The molecule has 0 saturated carbocycles. The lowest BCUT2D eigenvalue weighted by Crippen LogP contribution is -2.39. The van der Waals surface area contributed by atoms with Crippen molar-refractivity contribution in [2.75, 3.05) is 18.0 Å². The first-order chi connectivity index (χ1) is 8.99. The first-order valence-corrected chi connectivity index (χ1v) is 6.44. The van der Waals surface area contributed by atoms with Crippen molar-refractivity contribution in [3.05, 3.63) is 28.8 Å². The third kappa shape index (κ3) is 2.98. The molecule has 3 N–H and O–H groups in total. The number of hydrogen-bond donors (Lipinski definition) is 2. The number of piperidine rings is 1. The van der Waals surface area contributed by atoms with Crippen LogP contribution in [0.5, 0.6) is 0 Å². The number of aliphatic carboxylic acids is 1. The number of rotatable bonds is 3. The van der Waals surface area contributed by atoms with Gasteiger partial charge in [0.2, 0.25) is 0 Å². The van der Waals surface area contributed by atoms with Crippen molar-refractivity contribution in [2.24, 2.45) is 11.7 Å². The molecule has 0 aromatic heterocycles. The molecule has 2 rings (SSSR count). The molecule has 1 aliphatic rings. The molecular weight excluding hydrogens is 268 g/mol. The summed E-state index contributed by atoms with van der Waals surface area (Å²) in [6, 6.07) is 4.83. The summed E-state index contributed by atoms with van der Waals surface area (Å²) in [6.45, 7) is 1.07. The molecule has 1 aromatic carbocycles. The van der Waals surface area contributed by atoms with Crippen LogP contribution < -0.4 is 10.6 Å². The second-order valence-corrected chi connectivity index (χ2v) is 5.09. The van der Waals surface area contributed by atoms with Crippen LogP contribution in [0.4, 0.5) is 5.69 Å². The molecule has 19 heavy (non-hydrogen) atoms. The van der Waals surface area contributed by atoms with Crippen molar-refractivity contribution in [1.82, 2.24) is 0 Å². The van der Waals surface area contributed by atoms with Gasteiger partial charge >= 0.3 is 5.97 Å². The second-order valence-electron chi connectivity index (χ2n) is 4.65. The Morgan fingerprint density at radius 3 is 2.79 bits per heavy atom. The minimum atomic E-state index is -0.813. The van der Waals surface area contributed by atoms with Crippen molar-refractivity contribution in [2.45, 2.75) is 12.8 Å². The predicted molar refractivity (Wildman–Crippen MR) is 72.5 cm³/mol. The van der Waals surface area contributed by atoms with Crippen LogP contribution in [-0.2, 0) is 4.79 Å². The molecule has 1 fully saturated rings. The van der Waals surface area contributed by atoms with Gasteiger partial charge in [-0.3, -0.25) is 9.59 Å². The van der Waals surface area contributed by atoms with Crippen LogP contribution in [0.2, 0.25) is 5.02 Å². The van der Waals surface area contributed by atoms with Gasteiger partial charge in [-0.1, -0.05) is 11.6 Å². The lowest BCUT2D eigenvalue weighted by molar-refractivity contribution is -0.141. The number of hydrogen-bond acceptors (Lipinski definition) is 3. The first-order valence-electron chi connectivity index (χ1n) is 6.06. The summed E-state index contributed by atoms with van der Waals surface area (Å²) in [6.07, 6.45) is 1.42. The van der Waals surface area contributed by atoms with Crippen molar-refractivity contribution in [3.63, 3.8) is 0 Å². The van der Waals surface area contributed by atoms with E-state index in [1.807, 2.05) is 4.90 Å². The first kappa shape index (κ1) is 13.7. The van der Waals surface area contributed by atoms with E-state index < -0.39 is 17.8 Å². The largest absolute Gasteiger partial charge is 0.481 e. The van der Waals surface area contributed by atoms with Gasteiger partial charge in [-0.25, -0.2) is 0 Å². The Bertz CT molecular complexity index is 519. The van der Waals surface area contributed by atoms with Crippen molar-refractivity contribution in [1.29, 1.82) is 0 Å². The molecule has 1 unspecified atom stereocenters. The molecule has 0 aliphatic carbocycles. The van der Waals surface area contributed by atoms with E-state index >= 15 is 0 Å². The maximum absolute atomic E-state index is 11.4. The van der Waals surface area contributed by atoms with Gasteiger partial charge in [0.05, 0.1) is 17.2 Å². The lowest BCUT2D eigenvalue weighted by Gasteiger charge is -2.33. The lowest BCUT2D eigenvalue weighted by atomic mass is 9.97. The number of amides is 1. The summed E-state index contributed by atoms with van der Waals surface area (Å²) in [7, 11) is 0. The Balaban J connectivity index is 2.32. The third-order valence-electron chi connectivity index (χ3n) is 3.34. The van der Waals surface area contributed by atoms with E-state index in [0.717, 1.165) is 6.42 Å². The average molecular weight is 283 g/mol. The van der Waals surface area contributed by atoms with E-state index in [4.69, 9.17) is 22.4 Å². The smallest absolute Gasteiger partial charge is 0.308 e. The van der Waals surface area contributed by atoms with E-state index in [1.165, 1.54) is 0 Å². The van der Waals surface area contributed by atoms with Crippen LogP contribution in [-0.4, -0.2) is 30.1 Å². The Hall–Kier alpha value is -1.75. The zero-order valence-corrected chi connectivity index (χ0v) is 11.1. The third-order valence-corrected chi connectivity index (χ3v) is 3.57. The van der Waals surface area contributed by atoms with Crippen molar-refractivity contribution in [3.8, 4) is 0 Å². The van der Waals surface area contributed by atoms with Gasteiger partial charge in [0.15, 0.2) is 0 Å². The molecule has 0 spiro atoms. The molecule has 5 nitrogen and oxygen atoms in total. The summed E-state index contributed by atoms with van der Waals surface area (Å²) in [5.74, 6) is -1.77. The van der Waals surface area contributed by atoms with Crippen molar-refractivity contribution >= 4 is 29.2 Å². The maximum Gasteiger partial charge on any atom is 0.308 e. The molecular formula is C13H15ClN2O3. The standard InChI is InChI=1S/C13H15ClN2O3/c14-9-3-4-10(12(15)17)11(6-9)16-5-1-2-8(7-16)13(18)19/h3-4,6,8H,1-2,5,7H2,(H2,15,17)(H,18,19). The van der Waals surface area contributed by atoms with Gasteiger partial charge in [0.1, 0.15) is 0 Å². The topological polar surface area (TPSA) is 83.6 Å². The number of carboxylic acid groups (broad SMARTS) is 1.